The average molecular weight is 342 g/mol. The van der Waals surface area contributed by atoms with Crippen LogP contribution >= 0.6 is 0 Å². The number of aryl methyl sites for hydroxylation is 2. The van der Waals surface area contributed by atoms with Crippen molar-refractivity contribution in [2.75, 3.05) is 0 Å². The number of hydrogen-bond acceptors (Lipinski definition) is 3. The molecule has 0 N–H and O–H groups in total. The third kappa shape index (κ3) is 5.30. The summed E-state index contributed by atoms with van der Waals surface area (Å²) in [5.41, 5.74) is 2.21. The largest absolute Gasteiger partial charge is 1.00 e. The second-order valence-corrected chi connectivity index (χ2v) is 7.11. The number of fused-ring (bicyclic) bond motifs is 1. The molecule has 0 aliphatic carbocycles. The zero-order valence-electron chi connectivity index (χ0n) is 14.3. The van der Waals surface area contributed by atoms with Gasteiger partial charge in [-0.25, -0.2) is 8.42 Å². The number of hydrogen-bond donors (Lipinski definition) is 0. The molecule has 2 aromatic rings. The van der Waals surface area contributed by atoms with Crippen LogP contribution in [0.15, 0.2) is 35.2 Å². The summed E-state index contributed by atoms with van der Waals surface area (Å²) in [5, 5.41) is 1.47. The van der Waals surface area contributed by atoms with Crippen LogP contribution in [0.25, 0.3) is 10.8 Å². The Balaban J connectivity index is 0.00000264. The molecule has 120 valence electrons. The van der Waals surface area contributed by atoms with E-state index in [9.17, 15) is 13.0 Å². The van der Waals surface area contributed by atoms with Crippen LogP contribution in [0.1, 0.15) is 50.7 Å². The molecule has 2 aromatic carbocycles. The van der Waals surface area contributed by atoms with E-state index in [1.54, 1.807) is 6.07 Å². The maximum atomic E-state index is 11.5. The second-order valence-electron chi connectivity index (χ2n) is 5.76. The first-order valence-electron chi connectivity index (χ1n) is 7.97. The van der Waals surface area contributed by atoms with Gasteiger partial charge in [0.1, 0.15) is 10.1 Å². The predicted molar refractivity (Wildman–Crippen MR) is 89.1 cm³/mol. The molecule has 0 aliphatic rings. The van der Waals surface area contributed by atoms with Crippen LogP contribution in [-0.4, -0.2) is 13.0 Å². The van der Waals surface area contributed by atoms with Crippen molar-refractivity contribution >= 4 is 20.9 Å². The SMILES string of the molecule is CCCCc1ccc2c(CCCC)ccc(S(=O)(=O)[O-])c2c1.[Na+]. The summed E-state index contributed by atoms with van der Waals surface area (Å²) in [4.78, 5) is -0.0962. The first kappa shape index (κ1) is 20.7. The zero-order chi connectivity index (χ0) is 16.2. The monoisotopic (exact) mass is 342 g/mol. The summed E-state index contributed by atoms with van der Waals surface area (Å²) >= 11 is 0. The summed E-state index contributed by atoms with van der Waals surface area (Å²) in [6.07, 6.45) is 6.08. The number of rotatable bonds is 7. The van der Waals surface area contributed by atoms with Crippen LogP contribution < -0.4 is 29.6 Å². The van der Waals surface area contributed by atoms with E-state index in [0.29, 0.717) is 5.39 Å². The van der Waals surface area contributed by atoms with Gasteiger partial charge in [0.25, 0.3) is 0 Å². The molecule has 0 amide bonds. The summed E-state index contributed by atoms with van der Waals surface area (Å²) in [7, 11) is -4.45. The van der Waals surface area contributed by atoms with Crippen LogP contribution in [0.5, 0.6) is 0 Å². The van der Waals surface area contributed by atoms with Crippen molar-refractivity contribution in [2.24, 2.45) is 0 Å². The summed E-state index contributed by atoms with van der Waals surface area (Å²) < 4.78 is 34.6. The smallest absolute Gasteiger partial charge is 0.744 e. The molecule has 0 unspecified atom stereocenters. The first-order chi connectivity index (χ1) is 10.5. The Labute approximate surface area is 161 Å². The molecular weight excluding hydrogens is 319 g/mol. The Bertz CT molecular complexity index is 754. The molecule has 0 heterocycles. The zero-order valence-corrected chi connectivity index (χ0v) is 17.1. The maximum absolute atomic E-state index is 11.5. The summed E-state index contributed by atoms with van der Waals surface area (Å²) in [6, 6.07) is 9.16. The van der Waals surface area contributed by atoms with Crippen molar-refractivity contribution < 1.29 is 42.5 Å². The van der Waals surface area contributed by atoms with Crippen molar-refractivity contribution in [1.82, 2.24) is 0 Å². The summed E-state index contributed by atoms with van der Waals surface area (Å²) in [6.45, 7) is 4.25. The Kier molecular flexibility index (Phi) is 8.25. The average Bonchev–Trinajstić information content (AvgIpc) is 2.49. The fraction of sp³-hybridized carbons (Fsp3) is 0.444. The Morgan fingerprint density at radius 3 is 2.17 bits per heavy atom. The predicted octanol–water partition coefficient (Wildman–Crippen LogP) is 1.43. The van der Waals surface area contributed by atoms with E-state index in [4.69, 9.17) is 0 Å². The molecule has 0 saturated heterocycles. The van der Waals surface area contributed by atoms with E-state index in [-0.39, 0.29) is 34.5 Å². The third-order valence-electron chi connectivity index (χ3n) is 4.02. The second kappa shape index (κ2) is 9.19. The third-order valence-corrected chi connectivity index (χ3v) is 4.91. The van der Waals surface area contributed by atoms with Crippen LogP contribution in [0.4, 0.5) is 0 Å². The van der Waals surface area contributed by atoms with Gasteiger partial charge in [-0.05, 0) is 59.7 Å². The van der Waals surface area contributed by atoms with Crippen molar-refractivity contribution in [1.29, 1.82) is 0 Å². The molecule has 0 bridgehead atoms. The molecule has 0 aromatic heterocycles. The topological polar surface area (TPSA) is 57.2 Å². The van der Waals surface area contributed by atoms with E-state index >= 15 is 0 Å². The van der Waals surface area contributed by atoms with Crippen LogP contribution in [0, 0.1) is 0 Å². The number of benzene rings is 2. The first-order valence-corrected chi connectivity index (χ1v) is 9.38. The van der Waals surface area contributed by atoms with Gasteiger partial charge in [0.05, 0.1) is 4.90 Å². The molecule has 23 heavy (non-hydrogen) atoms. The van der Waals surface area contributed by atoms with Gasteiger partial charge in [0.2, 0.25) is 0 Å². The van der Waals surface area contributed by atoms with E-state index < -0.39 is 10.1 Å². The van der Waals surface area contributed by atoms with Gasteiger partial charge in [0.15, 0.2) is 0 Å². The van der Waals surface area contributed by atoms with Gasteiger partial charge < -0.3 is 4.55 Å². The van der Waals surface area contributed by atoms with E-state index in [1.165, 1.54) is 6.07 Å². The minimum Gasteiger partial charge on any atom is -0.744 e. The molecule has 2 rings (SSSR count). The maximum Gasteiger partial charge on any atom is 1.00 e. The molecule has 0 radical (unpaired) electrons. The molecule has 0 saturated carbocycles. The van der Waals surface area contributed by atoms with Gasteiger partial charge in [0, 0.05) is 0 Å². The molecular formula is C18H23NaO3S. The Morgan fingerprint density at radius 2 is 1.57 bits per heavy atom. The van der Waals surface area contributed by atoms with Crippen molar-refractivity contribution in [3.63, 3.8) is 0 Å². The normalized spacial score (nSPS) is 11.4. The fourth-order valence-corrected chi connectivity index (χ4v) is 3.44. The fourth-order valence-electron chi connectivity index (χ4n) is 2.77. The molecule has 5 heteroatoms. The van der Waals surface area contributed by atoms with Crippen LogP contribution in [-0.2, 0) is 23.0 Å². The van der Waals surface area contributed by atoms with Crippen LogP contribution in [0.3, 0.4) is 0 Å². The minimum absolute atomic E-state index is 0. The van der Waals surface area contributed by atoms with E-state index in [0.717, 1.165) is 55.0 Å². The molecule has 3 nitrogen and oxygen atoms in total. The van der Waals surface area contributed by atoms with Crippen molar-refractivity contribution in [3.8, 4) is 0 Å². The van der Waals surface area contributed by atoms with Gasteiger partial charge in [-0.2, -0.15) is 0 Å². The summed E-state index contributed by atoms with van der Waals surface area (Å²) in [5.74, 6) is 0. The standard InChI is InChI=1S/C18H24O3S.Na/c1-3-5-7-14-9-11-16-15(8-6-4-2)10-12-18(17(16)13-14)22(19,20)21;/h9-13H,3-8H2,1-2H3,(H,19,20,21);/q;+1/p-1. The van der Waals surface area contributed by atoms with Gasteiger partial charge in [-0.3, -0.25) is 0 Å². The van der Waals surface area contributed by atoms with E-state index in [2.05, 4.69) is 19.9 Å². The minimum atomic E-state index is -4.45. The Hall–Kier alpha value is -0.390. The van der Waals surface area contributed by atoms with Gasteiger partial charge in [-0.1, -0.05) is 44.9 Å². The van der Waals surface area contributed by atoms with Crippen molar-refractivity contribution in [2.45, 2.75) is 57.3 Å². The van der Waals surface area contributed by atoms with Crippen molar-refractivity contribution in [3.05, 3.63) is 41.5 Å². The van der Waals surface area contributed by atoms with Gasteiger partial charge in [-0.15, -0.1) is 0 Å². The molecule has 0 aliphatic heterocycles. The Morgan fingerprint density at radius 1 is 0.913 bits per heavy atom. The van der Waals surface area contributed by atoms with E-state index in [1.807, 2.05) is 12.1 Å². The van der Waals surface area contributed by atoms with Gasteiger partial charge >= 0.3 is 29.6 Å². The van der Waals surface area contributed by atoms with Crippen LogP contribution in [0.2, 0.25) is 0 Å². The number of unbranched alkanes of at least 4 members (excludes halogenated alkanes) is 2. The molecule has 0 spiro atoms. The quantitative estimate of drug-likeness (QED) is 0.565. The molecule has 0 fully saturated rings. The molecule has 0 atom stereocenters.